The van der Waals surface area contributed by atoms with Gasteiger partial charge in [0.2, 0.25) is 0 Å². The van der Waals surface area contributed by atoms with Gasteiger partial charge in [0.25, 0.3) is 5.87 Å². The van der Waals surface area contributed by atoms with Crippen molar-refractivity contribution in [3.8, 4) is 0 Å². The van der Waals surface area contributed by atoms with Crippen LogP contribution < -0.4 is 0 Å². The van der Waals surface area contributed by atoms with Gasteiger partial charge < -0.3 is 20.2 Å². The predicted octanol–water partition coefficient (Wildman–Crippen LogP) is -1.22. The summed E-state index contributed by atoms with van der Waals surface area (Å²) in [5.41, 5.74) is 0. The van der Waals surface area contributed by atoms with E-state index in [2.05, 4.69) is 0 Å². The Balaban J connectivity index is 4.02. The van der Waals surface area contributed by atoms with Crippen molar-refractivity contribution >= 4 is 19.0 Å². The monoisotopic (exact) mass is 188 g/mol. The third-order valence-corrected chi connectivity index (χ3v) is 1.30. The maximum absolute atomic E-state index is 11.0. The predicted molar refractivity (Wildman–Crippen MR) is 44.9 cm³/mol. The molecule has 73 valence electrons. The highest BCUT2D eigenvalue weighted by Gasteiger charge is 2.17. The minimum absolute atomic E-state index is 0.0170. The lowest BCUT2D eigenvalue weighted by Gasteiger charge is -2.19. The van der Waals surface area contributed by atoms with Crippen LogP contribution in [0.1, 0.15) is 0 Å². The van der Waals surface area contributed by atoms with Crippen LogP contribution in [0.3, 0.4) is 0 Å². The fourth-order valence-corrected chi connectivity index (χ4v) is 0.771. The van der Waals surface area contributed by atoms with E-state index in [1.165, 1.54) is 0 Å². The number of rotatable bonds is 6. The first kappa shape index (κ1) is 11.9. The first-order valence-electron chi connectivity index (χ1n) is 3.70. The molecule has 0 fully saturated rings. The van der Waals surface area contributed by atoms with Crippen LogP contribution in [-0.2, 0) is 0 Å². The molecule has 3 N–H and O–H groups in total. The van der Waals surface area contributed by atoms with Crippen molar-refractivity contribution in [3.63, 3.8) is 0 Å². The van der Waals surface area contributed by atoms with Gasteiger partial charge in [-0.15, -0.1) is 0 Å². The van der Waals surface area contributed by atoms with Crippen LogP contribution >= 0.6 is 0 Å². The van der Waals surface area contributed by atoms with Crippen LogP contribution in [0.15, 0.2) is 0 Å². The summed E-state index contributed by atoms with van der Waals surface area (Å²) in [7, 11) is 0.491. The third kappa shape index (κ3) is 5.21. The van der Waals surface area contributed by atoms with Crippen molar-refractivity contribution in [2.24, 2.45) is 0 Å². The lowest BCUT2D eigenvalue weighted by atomic mass is 9.77. The molecule has 0 atom stereocenters. The molecule has 1 amide bonds. The second-order valence-electron chi connectivity index (χ2n) is 2.26. The molecule has 7 heteroatoms. The molecular formula is C6H11BNO5. The van der Waals surface area contributed by atoms with E-state index in [0.717, 1.165) is 4.90 Å². The highest BCUT2D eigenvalue weighted by atomic mass is 16.4. The zero-order valence-corrected chi connectivity index (χ0v) is 7.01. The molecule has 0 aliphatic rings. The van der Waals surface area contributed by atoms with Gasteiger partial charge in [0.1, 0.15) is 0 Å². The first-order chi connectivity index (χ1) is 6.11. The zero-order chi connectivity index (χ0) is 10.3. The molecule has 13 heavy (non-hydrogen) atoms. The number of carboxylic acid groups (broad SMARTS) is 1. The molecule has 0 aliphatic carbocycles. The molecule has 0 rings (SSSR count). The Morgan fingerprint density at radius 2 is 1.62 bits per heavy atom. The van der Waals surface area contributed by atoms with Crippen LogP contribution in [0, 0.1) is 0 Å². The molecule has 0 saturated heterocycles. The summed E-state index contributed by atoms with van der Waals surface area (Å²) in [6, 6.07) is 0. The summed E-state index contributed by atoms with van der Waals surface area (Å²) in [5.74, 6) is -2.07. The van der Waals surface area contributed by atoms with Gasteiger partial charge in [0.05, 0.1) is 13.2 Å². The van der Waals surface area contributed by atoms with Crippen LogP contribution in [0.25, 0.3) is 0 Å². The first-order valence-corrected chi connectivity index (χ1v) is 3.70. The van der Waals surface area contributed by atoms with Crippen molar-refractivity contribution in [3.05, 3.63) is 0 Å². The van der Waals surface area contributed by atoms with E-state index >= 15 is 0 Å². The summed E-state index contributed by atoms with van der Waals surface area (Å²) in [6.45, 7) is -0.495. The van der Waals surface area contributed by atoms with E-state index in [1.807, 2.05) is 0 Å². The van der Waals surface area contributed by atoms with Crippen molar-refractivity contribution in [1.29, 1.82) is 0 Å². The van der Waals surface area contributed by atoms with Gasteiger partial charge in [0, 0.05) is 13.1 Å². The molecule has 0 aromatic carbocycles. The van der Waals surface area contributed by atoms with E-state index < -0.39 is 11.7 Å². The average molecular weight is 188 g/mol. The lowest BCUT2D eigenvalue weighted by Crippen LogP contribution is -2.40. The minimum Gasteiger partial charge on any atom is -0.489 e. The highest BCUT2D eigenvalue weighted by Crippen LogP contribution is 1.90. The number of carbonyl (C=O) groups excluding carboxylic acids is 1. The topological polar surface area (TPSA) is 98.1 Å². The Bertz CT molecular complexity index is 180. The minimum atomic E-state index is -1.34. The summed E-state index contributed by atoms with van der Waals surface area (Å²) in [4.78, 5) is 22.1. The maximum atomic E-state index is 11.0. The van der Waals surface area contributed by atoms with Gasteiger partial charge in [-0.25, -0.2) is 0 Å². The van der Waals surface area contributed by atoms with Gasteiger partial charge in [-0.3, -0.25) is 9.59 Å². The number of nitrogens with zero attached hydrogens (tertiary/aromatic N) is 1. The lowest BCUT2D eigenvalue weighted by molar-refractivity contribution is 0.173. The molecule has 6 nitrogen and oxygen atoms in total. The molecule has 0 heterocycles. The number of hydrogen-bond acceptors (Lipinski definition) is 4. The number of aliphatic hydroxyl groups is 2. The Morgan fingerprint density at radius 1 is 1.15 bits per heavy atom. The van der Waals surface area contributed by atoms with Gasteiger partial charge >= 0.3 is 7.28 Å². The number of amides is 1. The van der Waals surface area contributed by atoms with Crippen molar-refractivity contribution in [2.45, 2.75) is 0 Å². The van der Waals surface area contributed by atoms with Crippen molar-refractivity contribution in [2.75, 3.05) is 26.3 Å². The smallest absolute Gasteiger partial charge is 0.377 e. The van der Waals surface area contributed by atoms with E-state index in [1.54, 1.807) is 0 Å². The maximum Gasteiger partial charge on any atom is 0.377 e. The Labute approximate surface area is 76.0 Å². The van der Waals surface area contributed by atoms with E-state index in [9.17, 15) is 9.59 Å². The Kier molecular flexibility index (Phi) is 5.91. The number of hydrogen-bond donors (Lipinski definition) is 3. The molecule has 0 aliphatic heterocycles. The molecule has 0 bridgehead atoms. The summed E-state index contributed by atoms with van der Waals surface area (Å²) in [6.07, 6.45) is 0. The fraction of sp³-hybridized carbons (Fsp3) is 0.667. The zero-order valence-electron chi connectivity index (χ0n) is 7.01. The van der Waals surface area contributed by atoms with Crippen LogP contribution in [0.2, 0.25) is 0 Å². The second-order valence-corrected chi connectivity index (χ2v) is 2.26. The molecule has 0 aromatic heterocycles. The second kappa shape index (κ2) is 6.44. The van der Waals surface area contributed by atoms with Gasteiger partial charge in [0.15, 0.2) is 5.81 Å². The quantitative estimate of drug-likeness (QED) is 0.453. The normalized spacial score (nSPS) is 9.38. The van der Waals surface area contributed by atoms with Gasteiger partial charge in [-0.1, -0.05) is 0 Å². The molecule has 1 radical (unpaired) electrons. The molecule has 0 spiro atoms. The van der Waals surface area contributed by atoms with E-state index in [4.69, 9.17) is 15.3 Å². The molecule has 0 unspecified atom stereocenters. The summed E-state index contributed by atoms with van der Waals surface area (Å²) in [5, 5.41) is 25.3. The highest BCUT2D eigenvalue weighted by molar-refractivity contribution is 6.95. The van der Waals surface area contributed by atoms with Crippen LogP contribution in [0.5, 0.6) is 0 Å². The van der Waals surface area contributed by atoms with E-state index in [0.29, 0.717) is 7.28 Å². The van der Waals surface area contributed by atoms with Gasteiger partial charge in [-0.2, -0.15) is 0 Å². The number of aliphatic hydroxyl groups excluding tert-OH is 2. The molecular weight excluding hydrogens is 177 g/mol. The Hall–Kier alpha value is -1.08. The molecule has 0 saturated carbocycles. The number of carbonyl (C=O) groups is 2. The molecule has 0 aromatic rings. The van der Waals surface area contributed by atoms with Crippen LogP contribution in [0.4, 0.5) is 9.59 Å². The van der Waals surface area contributed by atoms with E-state index in [-0.39, 0.29) is 26.3 Å². The van der Waals surface area contributed by atoms with Crippen molar-refractivity contribution < 1.29 is 24.9 Å². The van der Waals surface area contributed by atoms with Crippen molar-refractivity contribution in [1.82, 2.24) is 4.90 Å². The van der Waals surface area contributed by atoms with Crippen LogP contribution in [-0.4, -0.2) is 65.5 Å². The summed E-state index contributed by atoms with van der Waals surface area (Å²) < 4.78 is 0. The largest absolute Gasteiger partial charge is 0.489 e. The average Bonchev–Trinajstić information content (AvgIpc) is 2.02. The Morgan fingerprint density at radius 3 is 1.92 bits per heavy atom. The third-order valence-electron chi connectivity index (χ3n) is 1.30. The summed E-state index contributed by atoms with van der Waals surface area (Å²) >= 11 is 0. The standard InChI is InChI=1S/C6H11BNO5/c9-3-1-8(2-4-10)5(11)7-6(12)13/h9-10H,1-4H2,(H,12,13). The SMILES string of the molecule is O=C(O)[B]C(=O)N(CCO)CCO. The fourth-order valence-electron chi connectivity index (χ4n) is 0.771. The van der Waals surface area contributed by atoms with Gasteiger partial charge in [-0.05, 0) is 0 Å².